The maximum atomic E-state index is 11.8. The van der Waals surface area contributed by atoms with Gasteiger partial charge in [0, 0.05) is 38.8 Å². The van der Waals surface area contributed by atoms with E-state index in [4.69, 9.17) is 12.2 Å². The summed E-state index contributed by atoms with van der Waals surface area (Å²) in [6, 6.07) is 8.70. The average Bonchev–Trinajstić information content (AvgIpc) is 3.18. The first kappa shape index (κ1) is 20.1. The molecule has 0 radical (unpaired) electrons. The third-order valence-corrected chi connectivity index (χ3v) is 8.32. The van der Waals surface area contributed by atoms with Gasteiger partial charge in [0.25, 0.3) is 0 Å². The Morgan fingerprint density at radius 2 is 1.75 bits per heavy atom. The van der Waals surface area contributed by atoms with E-state index in [2.05, 4.69) is 50.1 Å². The normalized spacial score (nSPS) is 23.5. The highest BCUT2D eigenvalue weighted by atomic mass is 32.2. The number of hydrogen-bond acceptors (Lipinski definition) is 5. The lowest BCUT2D eigenvalue weighted by Crippen LogP contribution is -2.50. The van der Waals surface area contributed by atoms with Crippen LogP contribution in [0.1, 0.15) is 26.2 Å². The van der Waals surface area contributed by atoms with Crippen LogP contribution in [-0.4, -0.2) is 71.1 Å². The molecule has 2 aliphatic heterocycles. The molecule has 3 heterocycles. The van der Waals surface area contributed by atoms with E-state index < -0.39 is 9.84 Å². The Balaban J connectivity index is 1.46. The maximum Gasteiger partial charge on any atom is 0.181 e. The largest absolute Gasteiger partial charge is 0.317 e. The molecule has 8 heteroatoms. The van der Waals surface area contributed by atoms with E-state index in [9.17, 15) is 8.42 Å². The van der Waals surface area contributed by atoms with Crippen LogP contribution in [0.2, 0.25) is 0 Å². The number of benzene rings is 1. The van der Waals surface area contributed by atoms with Crippen molar-refractivity contribution in [2.75, 3.05) is 37.7 Å². The monoisotopic (exact) mass is 422 g/mol. The standard InChI is InChI=1S/C20H30N4O2S2/c1-2-3-9-23-18-6-4-5-7-19(18)24(20(23)27)16-21-10-12-22(13-11-21)17-8-14-28(25,26)15-17/h4-7,17H,2-3,8-16H2,1H3/t17-/m1/s1. The van der Waals surface area contributed by atoms with Crippen molar-refractivity contribution in [2.24, 2.45) is 0 Å². The van der Waals surface area contributed by atoms with Crippen molar-refractivity contribution in [1.29, 1.82) is 0 Å². The number of para-hydroxylation sites is 2. The quantitative estimate of drug-likeness (QED) is 0.670. The van der Waals surface area contributed by atoms with Crippen LogP contribution in [0.5, 0.6) is 0 Å². The molecule has 2 aliphatic rings. The minimum absolute atomic E-state index is 0.213. The van der Waals surface area contributed by atoms with E-state index in [0.29, 0.717) is 11.5 Å². The highest BCUT2D eigenvalue weighted by Gasteiger charge is 2.33. The van der Waals surface area contributed by atoms with Crippen LogP contribution in [-0.2, 0) is 23.1 Å². The Kier molecular flexibility index (Phi) is 5.92. The summed E-state index contributed by atoms with van der Waals surface area (Å²) < 4.78 is 29.0. The second kappa shape index (κ2) is 8.26. The van der Waals surface area contributed by atoms with Crippen LogP contribution in [0.25, 0.3) is 11.0 Å². The number of sulfone groups is 1. The number of rotatable bonds is 6. The zero-order chi connectivity index (χ0) is 19.7. The van der Waals surface area contributed by atoms with E-state index >= 15 is 0 Å². The first-order valence-electron chi connectivity index (χ1n) is 10.3. The number of piperazine rings is 1. The molecule has 0 unspecified atom stereocenters. The van der Waals surface area contributed by atoms with Crippen molar-refractivity contribution in [3.8, 4) is 0 Å². The number of unbranched alkanes of at least 4 members (excludes halogenated alkanes) is 1. The fourth-order valence-electron chi connectivity index (χ4n) is 4.47. The molecule has 0 amide bonds. The minimum atomic E-state index is -2.82. The van der Waals surface area contributed by atoms with Gasteiger partial charge in [0.2, 0.25) is 0 Å². The van der Waals surface area contributed by atoms with Gasteiger partial charge in [-0.3, -0.25) is 9.80 Å². The number of fused-ring (bicyclic) bond motifs is 1. The van der Waals surface area contributed by atoms with Crippen molar-refractivity contribution in [3.63, 3.8) is 0 Å². The van der Waals surface area contributed by atoms with Crippen LogP contribution in [0.15, 0.2) is 24.3 Å². The number of nitrogens with zero attached hydrogens (tertiary/aromatic N) is 4. The van der Waals surface area contributed by atoms with Gasteiger partial charge < -0.3 is 9.13 Å². The summed E-state index contributed by atoms with van der Waals surface area (Å²) in [5.41, 5.74) is 2.42. The summed E-state index contributed by atoms with van der Waals surface area (Å²) in [6.07, 6.45) is 3.07. The molecule has 0 N–H and O–H groups in total. The van der Waals surface area contributed by atoms with Gasteiger partial charge in [-0.25, -0.2) is 8.42 Å². The molecule has 6 nitrogen and oxygen atoms in total. The van der Waals surface area contributed by atoms with Gasteiger partial charge in [-0.1, -0.05) is 25.5 Å². The fourth-order valence-corrected chi connectivity index (χ4v) is 6.58. The molecule has 1 aromatic carbocycles. The first-order valence-corrected chi connectivity index (χ1v) is 12.6. The maximum absolute atomic E-state index is 11.8. The molecule has 2 saturated heterocycles. The third-order valence-electron chi connectivity index (χ3n) is 6.13. The number of aromatic nitrogens is 2. The Morgan fingerprint density at radius 1 is 1.07 bits per heavy atom. The van der Waals surface area contributed by atoms with Gasteiger partial charge in [-0.2, -0.15) is 0 Å². The van der Waals surface area contributed by atoms with E-state index in [1.165, 1.54) is 11.0 Å². The Labute approximate surface area is 172 Å². The summed E-state index contributed by atoms with van der Waals surface area (Å²) in [7, 11) is -2.82. The fraction of sp³-hybridized carbons (Fsp3) is 0.650. The van der Waals surface area contributed by atoms with Crippen molar-refractivity contribution in [3.05, 3.63) is 29.0 Å². The Hall–Kier alpha value is -1.22. The molecule has 2 aromatic rings. The predicted molar refractivity (Wildman–Crippen MR) is 116 cm³/mol. The average molecular weight is 423 g/mol. The van der Waals surface area contributed by atoms with Crippen molar-refractivity contribution >= 4 is 33.1 Å². The molecule has 0 bridgehead atoms. The topological polar surface area (TPSA) is 50.5 Å². The lowest BCUT2D eigenvalue weighted by molar-refractivity contribution is 0.0852. The van der Waals surface area contributed by atoms with Crippen LogP contribution < -0.4 is 0 Å². The smallest absolute Gasteiger partial charge is 0.181 e. The third kappa shape index (κ3) is 4.06. The van der Waals surface area contributed by atoms with E-state index in [1.807, 2.05) is 0 Å². The van der Waals surface area contributed by atoms with Gasteiger partial charge >= 0.3 is 0 Å². The van der Waals surface area contributed by atoms with Gasteiger partial charge in [-0.15, -0.1) is 0 Å². The molecule has 28 heavy (non-hydrogen) atoms. The number of hydrogen-bond donors (Lipinski definition) is 0. The number of imidazole rings is 1. The SMILES string of the molecule is CCCCn1c(=S)n(CN2CCN([C@@H]3CCS(=O)(=O)C3)CC2)c2ccccc21. The van der Waals surface area contributed by atoms with E-state index in [1.54, 1.807) is 0 Å². The van der Waals surface area contributed by atoms with E-state index in [0.717, 1.165) is 63.4 Å². The summed E-state index contributed by atoms with van der Waals surface area (Å²) in [4.78, 5) is 4.80. The molecule has 154 valence electrons. The molecule has 0 spiro atoms. The molecule has 2 fully saturated rings. The van der Waals surface area contributed by atoms with Crippen molar-refractivity contribution < 1.29 is 8.42 Å². The van der Waals surface area contributed by atoms with Crippen LogP contribution in [0.3, 0.4) is 0 Å². The van der Waals surface area contributed by atoms with Crippen LogP contribution in [0, 0.1) is 4.77 Å². The molecular weight excluding hydrogens is 392 g/mol. The zero-order valence-corrected chi connectivity index (χ0v) is 18.2. The van der Waals surface area contributed by atoms with Gasteiger partial charge in [0.05, 0.1) is 29.2 Å². The van der Waals surface area contributed by atoms with Crippen molar-refractivity contribution in [1.82, 2.24) is 18.9 Å². The summed E-state index contributed by atoms with van der Waals surface area (Å²) in [5, 5.41) is 0. The van der Waals surface area contributed by atoms with Crippen molar-refractivity contribution in [2.45, 2.75) is 45.4 Å². The first-order chi connectivity index (χ1) is 13.5. The van der Waals surface area contributed by atoms with E-state index in [-0.39, 0.29) is 6.04 Å². The molecule has 1 atom stereocenters. The zero-order valence-electron chi connectivity index (χ0n) is 16.6. The molecule has 4 rings (SSSR count). The minimum Gasteiger partial charge on any atom is -0.317 e. The Morgan fingerprint density at radius 3 is 2.36 bits per heavy atom. The predicted octanol–water partition coefficient (Wildman–Crippen LogP) is 2.73. The summed E-state index contributed by atoms with van der Waals surface area (Å²) >= 11 is 5.83. The summed E-state index contributed by atoms with van der Waals surface area (Å²) in [5.74, 6) is 0.688. The van der Waals surface area contributed by atoms with Gasteiger partial charge in [-0.05, 0) is 37.2 Å². The van der Waals surface area contributed by atoms with Crippen LogP contribution >= 0.6 is 12.2 Å². The van der Waals surface area contributed by atoms with Gasteiger partial charge in [0.15, 0.2) is 14.6 Å². The molecular formula is C20H30N4O2S2. The highest BCUT2D eigenvalue weighted by Crippen LogP contribution is 2.22. The van der Waals surface area contributed by atoms with Gasteiger partial charge in [0.1, 0.15) is 0 Å². The lowest BCUT2D eigenvalue weighted by atomic mass is 10.2. The lowest BCUT2D eigenvalue weighted by Gasteiger charge is -2.37. The summed E-state index contributed by atoms with van der Waals surface area (Å²) in [6.45, 7) is 7.74. The number of aryl methyl sites for hydroxylation is 1. The second-order valence-corrected chi connectivity index (χ2v) is 10.7. The molecule has 1 aromatic heterocycles. The molecule has 0 aliphatic carbocycles. The second-order valence-electron chi connectivity index (χ2n) is 8.06. The highest BCUT2D eigenvalue weighted by molar-refractivity contribution is 7.91. The van der Waals surface area contributed by atoms with Crippen LogP contribution in [0.4, 0.5) is 0 Å². The molecule has 0 saturated carbocycles. The Bertz CT molecular complexity index is 987.